The summed E-state index contributed by atoms with van der Waals surface area (Å²) in [5.74, 6) is 0.180. The van der Waals surface area contributed by atoms with Gasteiger partial charge < -0.3 is 4.74 Å². The Bertz CT molecular complexity index is 435. The third kappa shape index (κ3) is 2.39. The fraction of sp³-hybridized carbons (Fsp3) is 0.667. The van der Waals surface area contributed by atoms with Crippen LogP contribution in [-0.2, 0) is 4.74 Å². The van der Waals surface area contributed by atoms with Crippen molar-refractivity contribution in [1.29, 1.82) is 0 Å². The maximum absolute atomic E-state index is 12.7. The number of carbonyl (C=O) groups is 1. The average molecular weight is 266 g/mol. The van der Waals surface area contributed by atoms with Gasteiger partial charge in [-0.15, -0.1) is 11.3 Å². The normalized spacial score (nSPS) is 21.8. The molecular formula is C15H22O2S. The first kappa shape index (κ1) is 13.8. The van der Waals surface area contributed by atoms with E-state index < -0.39 is 5.60 Å². The van der Waals surface area contributed by atoms with Crippen molar-refractivity contribution in [2.24, 2.45) is 5.41 Å². The van der Waals surface area contributed by atoms with Crippen LogP contribution >= 0.6 is 11.3 Å². The molecule has 0 aliphatic heterocycles. The smallest absolute Gasteiger partial charge is 0.195 e. The number of thiophene rings is 1. The first-order valence-electron chi connectivity index (χ1n) is 6.54. The number of hydrogen-bond acceptors (Lipinski definition) is 3. The molecule has 0 atom stereocenters. The number of methoxy groups -OCH3 is 1. The monoisotopic (exact) mass is 266 g/mol. The average Bonchev–Trinajstić information content (AvgIpc) is 2.75. The summed E-state index contributed by atoms with van der Waals surface area (Å²) in [6.45, 7) is 6.55. The van der Waals surface area contributed by atoms with Crippen molar-refractivity contribution in [2.45, 2.75) is 52.1 Å². The summed E-state index contributed by atoms with van der Waals surface area (Å²) < 4.78 is 5.67. The Morgan fingerprint density at radius 2 is 1.89 bits per heavy atom. The van der Waals surface area contributed by atoms with E-state index in [-0.39, 0.29) is 5.78 Å². The molecule has 1 saturated carbocycles. The van der Waals surface area contributed by atoms with Crippen LogP contribution in [0.15, 0.2) is 11.4 Å². The second kappa shape index (κ2) is 4.78. The van der Waals surface area contributed by atoms with Gasteiger partial charge in [-0.25, -0.2) is 0 Å². The number of hydrogen-bond donors (Lipinski definition) is 0. The van der Waals surface area contributed by atoms with E-state index in [0.717, 1.165) is 36.1 Å². The van der Waals surface area contributed by atoms with Crippen molar-refractivity contribution >= 4 is 17.1 Å². The van der Waals surface area contributed by atoms with Crippen LogP contribution < -0.4 is 0 Å². The van der Waals surface area contributed by atoms with Crippen molar-refractivity contribution in [3.63, 3.8) is 0 Å². The molecule has 18 heavy (non-hydrogen) atoms. The molecule has 0 amide bonds. The molecule has 1 heterocycles. The number of ketones is 1. The molecule has 0 unspecified atom stereocenters. The number of Topliss-reactive ketones (excluding diaryl/α,β-unsaturated/α-hetero) is 1. The summed E-state index contributed by atoms with van der Waals surface area (Å²) in [7, 11) is 1.68. The van der Waals surface area contributed by atoms with Gasteiger partial charge >= 0.3 is 0 Å². The summed E-state index contributed by atoms with van der Waals surface area (Å²) in [6.07, 6.45) is 3.78. The summed E-state index contributed by atoms with van der Waals surface area (Å²) in [4.78, 5) is 13.8. The van der Waals surface area contributed by atoms with Crippen LogP contribution in [-0.4, -0.2) is 18.5 Å². The van der Waals surface area contributed by atoms with Crippen LogP contribution in [0.1, 0.15) is 54.8 Å². The Hall–Kier alpha value is -0.670. The van der Waals surface area contributed by atoms with Gasteiger partial charge in [0.1, 0.15) is 5.60 Å². The Morgan fingerprint density at radius 1 is 1.28 bits per heavy atom. The molecular weight excluding hydrogens is 244 g/mol. The zero-order valence-electron chi connectivity index (χ0n) is 11.7. The zero-order valence-corrected chi connectivity index (χ0v) is 12.5. The van der Waals surface area contributed by atoms with E-state index in [1.54, 1.807) is 18.4 Å². The van der Waals surface area contributed by atoms with Gasteiger partial charge in [-0.2, -0.15) is 0 Å². The molecule has 1 aliphatic carbocycles. The molecule has 1 aromatic rings. The van der Waals surface area contributed by atoms with E-state index in [9.17, 15) is 4.79 Å². The highest BCUT2D eigenvalue weighted by Gasteiger charge is 2.44. The fourth-order valence-electron chi connectivity index (χ4n) is 2.72. The quantitative estimate of drug-likeness (QED) is 0.765. The summed E-state index contributed by atoms with van der Waals surface area (Å²) in [6, 6.07) is 1.93. The maximum atomic E-state index is 12.7. The fourth-order valence-corrected chi connectivity index (χ4v) is 3.42. The highest BCUT2D eigenvalue weighted by atomic mass is 32.1. The van der Waals surface area contributed by atoms with Crippen LogP contribution in [0, 0.1) is 12.3 Å². The summed E-state index contributed by atoms with van der Waals surface area (Å²) in [5.41, 5.74) is 0.606. The highest BCUT2D eigenvalue weighted by molar-refractivity contribution is 7.10. The summed E-state index contributed by atoms with van der Waals surface area (Å²) in [5, 5.41) is 1.98. The molecule has 0 radical (unpaired) electrons. The molecule has 0 bridgehead atoms. The SMILES string of the molecule is COC1(C(=O)c2ccsc2C)CCC(C)(C)CC1. The standard InChI is InChI=1S/C15H22O2S/c1-11-12(5-10-18-11)13(16)15(17-4)8-6-14(2,3)7-9-15/h5,10H,6-9H2,1-4H3. The first-order valence-corrected chi connectivity index (χ1v) is 7.42. The predicted molar refractivity (Wildman–Crippen MR) is 75.4 cm³/mol. The minimum Gasteiger partial charge on any atom is -0.370 e. The van der Waals surface area contributed by atoms with Gasteiger partial charge in [0.2, 0.25) is 0 Å². The summed E-state index contributed by atoms with van der Waals surface area (Å²) >= 11 is 1.63. The van der Waals surface area contributed by atoms with Gasteiger partial charge in [0.05, 0.1) is 0 Å². The second-order valence-corrected chi connectivity index (χ2v) is 7.20. The minimum atomic E-state index is -0.582. The Balaban J connectivity index is 2.24. The van der Waals surface area contributed by atoms with Gasteiger partial charge in [0.15, 0.2) is 5.78 Å². The van der Waals surface area contributed by atoms with Crippen LogP contribution in [0.25, 0.3) is 0 Å². The van der Waals surface area contributed by atoms with Crippen molar-refractivity contribution < 1.29 is 9.53 Å². The van der Waals surface area contributed by atoms with E-state index in [4.69, 9.17) is 4.74 Å². The molecule has 2 nitrogen and oxygen atoms in total. The molecule has 0 saturated heterocycles. The molecule has 1 aromatic heterocycles. The lowest BCUT2D eigenvalue weighted by atomic mass is 9.68. The van der Waals surface area contributed by atoms with Gasteiger partial charge in [-0.1, -0.05) is 13.8 Å². The van der Waals surface area contributed by atoms with E-state index in [1.165, 1.54) is 0 Å². The molecule has 1 aliphatic rings. The lowest BCUT2D eigenvalue weighted by molar-refractivity contribution is -0.0383. The van der Waals surface area contributed by atoms with Gasteiger partial charge in [-0.05, 0) is 49.5 Å². The third-order valence-corrected chi connectivity index (χ3v) is 5.16. The molecule has 3 heteroatoms. The molecule has 0 aromatic carbocycles. The van der Waals surface area contributed by atoms with Crippen molar-refractivity contribution in [3.8, 4) is 0 Å². The lowest BCUT2D eigenvalue weighted by Gasteiger charge is -2.41. The second-order valence-electron chi connectivity index (χ2n) is 6.08. The van der Waals surface area contributed by atoms with Crippen LogP contribution in [0.4, 0.5) is 0 Å². The van der Waals surface area contributed by atoms with Gasteiger partial charge in [0.25, 0.3) is 0 Å². The minimum absolute atomic E-state index is 0.180. The number of aryl methyl sites for hydroxylation is 1. The van der Waals surface area contributed by atoms with Crippen LogP contribution in [0.5, 0.6) is 0 Å². The number of rotatable bonds is 3. The molecule has 2 rings (SSSR count). The van der Waals surface area contributed by atoms with Crippen molar-refractivity contribution in [3.05, 3.63) is 21.9 Å². The highest BCUT2D eigenvalue weighted by Crippen LogP contribution is 2.43. The number of carbonyl (C=O) groups excluding carboxylic acids is 1. The molecule has 1 fully saturated rings. The molecule has 100 valence electrons. The van der Waals surface area contributed by atoms with E-state index in [2.05, 4.69) is 13.8 Å². The van der Waals surface area contributed by atoms with Crippen LogP contribution in [0.2, 0.25) is 0 Å². The van der Waals surface area contributed by atoms with Crippen LogP contribution in [0.3, 0.4) is 0 Å². The first-order chi connectivity index (χ1) is 8.40. The Kier molecular flexibility index (Phi) is 3.65. The zero-order chi connectivity index (χ0) is 13.4. The third-order valence-electron chi connectivity index (χ3n) is 4.32. The van der Waals surface area contributed by atoms with E-state index in [1.807, 2.05) is 18.4 Å². The maximum Gasteiger partial charge on any atom is 0.195 e. The Morgan fingerprint density at radius 3 is 2.33 bits per heavy atom. The predicted octanol–water partition coefficient (Wildman–Crippen LogP) is 4.22. The van der Waals surface area contributed by atoms with Crippen molar-refractivity contribution in [2.75, 3.05) is 7.11 Å². The number of ether oxygens (including phenoxy) is 1. The molecule has 0 N–H and O–H groups in total. The van der Waals surface area contributed by atoms with Crippen molar-refractivity contribution in [1.82, 2.24) is 0 Å². The van der Waals surface area contributed by atoms with Gasteiger partial charge in [-0.3, -0.25) is 4.79 Å². The van der Waals surface area contributed by atoms with E-state index >= 15 is 0 Å². The molecule has 0 spiro atoms. The van der Waals surface area contributed by atoms with Gasteiger partial charge in [0, 0.05) is 17.6 Å². The Labute approximate surface area is 113 Å². The topological polar surface area (TPSA) is 26.3 Å². The van der Waals surface area contributed by atoms with E-state index in [0.29, 0.717) is 5.41 Å². The largest absolute Gasteiger partial charge is 0.370 e. The lowest BCUT2D eigenvalue weighted by Crippen LogP contribution is -2.45.